The summed E-state index contributed by atoms with van der Waals surface area (Å²) in [6, 6.07) is 4.56. The fraction of sp³-hybridized carbons (Fsp3) is 0.231. The van der Waals surface area contributed by atoms with E-state index in [2.05, 4.69) is 5.10 Å². The minimum absolute atomic E-state index is 0.00166. The molecule has 0 radical (unpaired) electrons. The van der Waals surface area contributed by atoms with E-state index in [1.807, 2.05) is 6.92 Å². The summed E-state index contributed by atoms with van der Waals surface area (Å²) in [6.45, 7) is 1.95. The van der Waals surface area contributed by atoms with Gasteiger partial charge in [0.05, 0.1) is 11.9 Å². The Morgan fingerprint density at radius 1 is 1.47 bits per heavy atom. The number of rotatable bonds is 4. The van der Waals surface area contributed by atoms with Crippen LogP contribution in [-0.2, 0) is 6.42 Å². The normalized spacial score (nSPS) is 10.6. The third-order valence-corrected chi connectivity index (χ3v) is 2.99. The van der Waals surface area contributed by atoms with E-state index in [0.717, 1.165) is 6.42 Å². The van der Waals surface area contributed by atoms with Crippen molar-refractivity contribution >= 4 is 17.6 Å². The topological polar surface area (TPSA) is 75.3 Å². The van der Waals surface area contributed by atoms with Gasteiger partial charge < -0.3 is 10.2 Å². The van der Waals surface area contributed by atoms with Gasteiger partial charge in [-0.05, 0) is 24.6 Å². The first-order valence-electron chi connectivity index (χ1n) is 5.83. The molecule has 0 spiro atoms. The van der Waals surface area contributed by atoms with E-state index in [9.17, 15) is 9.90 Å². The average Bonchev–Trinajstić information content (AvgIpc) is 2.76. The highest BCUT2D eigenvalue weighted by molar-refractivity contribution is 6.30. The third kappa shape index (κ3) is 2.56. The predicted molar refractivity (Wildman–Crippen MR) is 71.2 cm³/mol. The first kappa shape index (κ1) is 13.4. The largest absolute Gasteiger partial charge is 0.506 e. The molecule has 0 bridgehead atoms. The van der Waals surface area contributed by atoms with Crippen molar-refractivity contribution in [3.05, 3.63) is 40.7 Å². The van der Waals surface area contributed by atoms with E-state index in [-0.39, 0.29) is 11.3 Å². The van der Waals surface area contributed by atoms with E-state index in [1.165, 1.54) is 16.9 Å². The fourth-order valence-electron chi connectivity index (χ4n) is 1.90. The highest BCUT2D eigenvalue weighted by atomic mass is 35.5. The van der Waals surface area contributed by atoms with Crippen molar-refractivity contribution in [2.45, 2.75) is 19.8 Å². The summed E-state index contributed by atoms with van der Waals surface area (Å²) >= 11 is 5.90. The zero-order chi connectivity index (χ0) is 14.0. The van der Waals surface area contributed by atoms with Gasteiger partial charge in [0, 0.05) is 5.02 Å². The first-order chi connectivity index (χ1) is 9.04. The van der Waals surface area contributed by atoms with Gasteiger partial charge in [-0.2, -0.15) is 5.10 Å². The Morgan fingerprint density at radius 3 is 2.84 bits per heavy atom. The van der Waals surface area contributed by atoms with Gasteiger partial charge in [0.15, 0.2) is 0 Å². The van der Waals surface area contributed by atoms with Crippen LogP contribution in [0, 0.1) is 0 Å². The molecule has 0 atom stereocenters. The summed E-state index contributed by atoms with van der Waals surface area (Å²) in [6.07, 6.45) is 2.61. The Morgan fingerprint density at radius 2 is 2.21 bits per heavy atom. The Labute approximate surface area is 115 Å². The lowest BCUT2D eigenvalue weighted by Crippen LogP contribution is -2.06. The molecule has 5 nitrogen and oxygen atoms in total. The monoisotopic (exact) mass is 280 g/mol. The fourth-order valence-corrected chi connectivity index (χ4v) is 2.07. The van der Waals surface area contributed by atoms with Crippen LogP contribution in [-0.4, -0.2) is 26.0 Å². The summed E-state index contributed by atoms with van der Waals surface area (Å²) in [7, 11) is 0. The van der Waals surface area contributed by atoms with Crippen LogP contribution in [0.5, 0.6) is 5.75 Å². The first-order valence-corrected chi connectivity index (χ1v) is 6.21. The van der Waals surface area contributed by atoms with Crippen LogP contribution in [0.1, 0.15) is 29.4 Å². The lowest BCUT2D eigenvalue weighted by molar-refractivity contribution is 0.0695. The van der Waals surface area contributed by atoms with Gasteiger partial charge in [0.25, 0.3) is 0 Å². The molecule has 0 aliphatic rings. The Balaban J connectivity index is 2.61. The van der Waals surface area contributed by atoms with Crippen LogP contribution >= 0.6 is 11.6 Å². The molecule has 19 heavy (non-hydrogen) atoms. The standard InChI is InChI=1S/C13H13ClN2O3/c1-2-3-10-9(13(18)19)7-15-16(10)11-6-8(14)4-5-12(11)17/h4-7,17H,2-3H2,1H3,(H,18,19). The molecule has 100 valence electrons. The Kier molecular flexibility index (Phi) is 3.76. The van der Waals surface area contributed by atoms with Gasteiger partial charge in [0.1, 0.15) is 17.0 Å². The van der Waals surface area contributed by atoms with Crippen molar-refractivity contribution < 1.29 is 15.0 Å². The molecule has 2 N–H and O–H groups in total. The summed E-state index contributed by atoms with van der Waals surface area (Å²) in [5.74, 6) is -1.03. The lowest BCUT2D eigenvalue weighted by atomic mass is 10.1. The van der Waals surface area contributed by atoms with Crippen molar-refractivity contribution in [2.24, 2.45) is 0 Å². The van der Waals surface area contributed by atoms with Crippen molar-refractivity contribution in [1.29, 1.82) is 0 Å². The van der Waals surface area contributed by atoms with Gasteiger partial charge in [-0.3, -0.25) is 0 Å². The van der Waals surface area contributed by atoms with Crippen LogP contribution in [0.25, 0.3) is 5.69 Å². The van der Waals surface area contributed by atoms with Crippen molar-refractivity contribution in [1.82, 2.24) is 9.78 Å². The number of aromatic nitrogens is 2. The summed E-state index contributed by atoms with van der Waals surface area (Å²) in [5.41, 5.74) is 1.07. The number of phenolic OH excluding ortho intramolecular Hbond substituents is 1. The molecular weight excluding hydrogens is 268 g/mol. The van der Waals surface area contributed by atoms with Crippen LogP contribution in [0.15, 0.2) is 24.4 Å². The summed E-state index contributed by atoms with van der Waals surface area (Å²) in [4.78, 5) is 11.2. The van der Waals surface area contributed by atoms with E-state index in [0.29, 0.717) is 22.8 Å². The zero-order valence-electron chi connectivity index (χ0n) is 10.3. The Hall–Kier alpha value is -2.01. The van der Waals surface area contributed by atoms with Crippen molar-refractivity contribution in [3.63, 3.8) is 0 Å². The second kappa shape index (κ2) is 5.32. The molecule has 1 aromatic heterocycles. The highest BCUT2D eigenvalue weighted by Gasteiger charge is 2.18. The minimum atomic E-state index is -1.03. The number of hydrogen-bond acceptors (Lipinski definition) is 3. The number of phenols is 1. The van der Waals surface area contributed by atoms with Crippen LogP contribution in [0.3, 0.4) is 0 Å². The number of benzene rings is 1. The molecule has 0 unspecified atom stereocenters. The van der Waals surface area contributed by atoms with Crippen LogP contribution in [0.4, 0.5) is 0 Å². The third-order valence-electron chi connectivity index (χ3n) is 2.75. The van der Waals surface area contributed by atoms with Gasteiger partial charge >= 0.3 is 5.97 Å². The number of nitrogens with zero attached hydrogens (tertiary/aromatic N) is 2. The van der Waals surface area contributed by atoms with Crippen molar-refractivity contribution in [2.75, 3.05) is 0 Å². The lowest BCUT2D eigenvalue weighted by Gasteiger charge is -2.09. The maximum Gasteiger partial charge on any atom is 0.339 e. The molecule has 1 aromatic carbocycles. The smallest absolute Gasteiger partial charge is 0.339 e. The summed E-state index contributed by atoms with van der Waals surface area (Å²) in [5, 5.41) is 23.5. The van der Waals surface area contributed by atoms with Gasteiger partial charge in [0.2, 0.25) is 0 Å². The second-order valence-corrected chi connectivity index (χ2v) is 4.54. The summed E-state index contributed by atoms with van der Waals surface area (Å²) < 4.78 is 1.42. The second-order valence-electron chi connectivity index (χ2n) is 4.10. The van der Waals surface area contributed by atoms with Gasteiger partial charge in [-0.15, -0.1) is 0 Å². The number of carbonyl (C=O) groups is 1. The molecule has 2 aromatic rings. The number of halogens is 1. The van der Waals surface area contributed by atoms with E-state index in [1.54, 1.807) is 12.1 Å². The van der Waals surface area contributed by atoms with Gasteiger partial charge in [-0.25, -0.2) is 9.48 Å². The number of carboxylic acid groups (broad SMARTS) is 1. The van der Waals surface area contributed by atoms with E-state index in [4.69, 9.17) is 16.7 Å². The SMILES string of the molecule is CCCc1c(C(=O)O)cnn1-c1cc(Cl)ccc1O. The number of aromatic hydroxyl groups is 1. The highest BCUT2D eigenvalue weighted by Crippen LogP contribution is 2.27. The molecule has 2 rings (SSSR count). The van der Waals surface area contributed by atoms with E-state index < -0.39 is 5.97 Å². The molecule has 0 amide bonds. The van der Waals surface area contributed by atoms with Gasteiger partial charge in [-0.1, -0.05) is 24.9 Å². The number of carboxylic acids is 1. The predicted octanol–water partition coefficient (Wildman–Crippen LogP) is 2.88. The van der Waals surface area contributed by atoms with Crippen molar-refractivity contribution in [3.8, 4) is 11.4 Å². The van der Waals surface area contributed by atoms with Crippen LogP contribution in [0.2, 0.25) is 5.02 Å². The molecule has 0 fully saturated rings. The van der Waals surface area contributed by atoms with Crippen LogP contribution < -0.4 is 0 Å². The van der Waals surface area contributed by atoms with E-state index >= 15 is 0 Å². The number of hydrogen-bond donors (Lipinski definition) is 2. The minimum Gasteiger partial charge on any atom is -0.506 e. The maximum absolute atomic E-state index is 11.2. The Bertz CT molecular complexity index is 622. The average molecular weight is 281 g/mol. The molecule has 0 aliphatic carbocycles. The molecule has 1 heterocycles. The maximum atomic E-state index is 11.2. The molecule has 0 aliphatic heterocycles. The molecule has 6 heteroatoms. The molecular formula is C13H13ClN2O3. The quantitative estimate of drug-likeness (QED) is 0.903. The number of aromatic carboxylic acids is 1. The zero-order valence-corrected chi connectivity index (χ0v) is 11.1. The molecule has 0 saturated carbocycles. The molecule has 0 saturated heterocycles.